The fourth-order valence-corrected chi connectivity index (χ4v) is 13.0. The quantitative estimate of drug-likeness (QED) is 0.125. The van der Waals surface area contributed by atoms with Crippen LogP contribution in [0.15, 0.2) is 194 Å². The van der Waals surface area contributed by atoms with E-state index >= 15 is 0 Å². The van der Waals surface area contributed by atoms with Crippen molar-refractivity contribution in [1.29, 1.82) is 0 Å². The number of hydrogen-bond donors (Lipinski definition) is 2. The van der Waals surface area contributed by atoms with Gasteiger partial charge < -0.3 is 55.2 Å². The van der Waals surface area contributed by atoms with Crippen molar-refractivity contribution in [1.82, 2.24) is 9.97 Å². The second kappa shape index (κ2) is 26.1. The van der Waals surface area contributed by atoms with Crippen molar-refractivity contribution >= 4 is 47.7 Å². The van der Waals surface area contributed by atoms with E-state index in [1.165, 1.54) is 21.2 Å². The van der Waals surface area contributed by atoms with Crippen LogP contribution in [-0.4, -0.2) is 38.4 Å². The predicted molar refractivity (Wildman–Crippen MR) is 261 cm³/mol. The van der Waals surface area contributed by atoms with Gasteiger partial charge in [-0.3, -0.25) is 0 Å². The summed E-state index contributed by atoms with van der Waals surface area (Å²) in [6.07, 6.45) is 0. The SMILES string of the molecule is COc1cc([PH+](c2ccccc2)c2ccccc2)c(-c2c([PH+](c3ccccc3)c3ccccc3)cc(OC)nc2OC)c(OC)n1.N[C@@H](c1ccccc1)[C@@H](N)c1ccccc1.[Cl-].[Cl-].[Ru]. The number of methoxy groups -OCH3 is 4. The maximum absolute atomic E-state index is 6.15. The maximum atomic E-state index is 6.15. The second-order valence-corrected chi connectivity index (χ2v) is 19.2. The minimum Gasteiger partial charge on any atom is -1.00 e. The van der Waals surface area contributed by atoms with E-state index in [4.69, 9.17) is 40.4 Å². The van der Waals surface area contributed by atoms with Crippen molar-refractivity contribution in [2.45, 2.75) is 12.1 Å². The summed E-state index contributed by atoms with van der Waals surface area (Å²) in [5.74, 6) is 1.84. The molecule has 0 unspecified atom stereocenters. The molecule has 0 saturated heterocycles. The Morgan fingerprint density at radius 3 is 0.862 bits per heavy atom. The van der Waals surface area contributed by atoms with Gasteiger partial charge in [0.25, 0.3) is 0 Å². The first-order chi connectivity index (χ1) is 30.4. The molecule has 2 atom stereocenters. The van der Waals surface area contributed by atoms with Gasteiger partial charge in [0, 0.05) is 43.7 Å². The Morgan fingerprint density at radius 2 is 0.631 bits per heavy atom. The molecule has 8 rings (SSSR count). The molecular weight excluding hydrogens is 979 g/mol. The molecule has 8 nitrogen and oxygen atoms in total. The fourth-order valence-electron chi connectivity index (χ4n) is 7.52. The molecule has 4 N–H and O–H groups in total. The number of pyridine rings is 2. The van der Waals surface area contributed by atoms with Gasteiger partial charge in [0.2, 0.25) is 23.5 Å². The number of nitrogens with zero attached hydrogens (tertiary/aromatic N) is 2. The molecule has 6 aromatic carbocycles. The summed E-state index contributed by atoms with van der Waals surface area (Å²) in [6.45, 7) is 0. The molecule has 8 aromatic rings. The molecule has 13 heteroatoms. The van der Waals surface area contributed by atoms with Gasteiger partial charge in [0.05, 0.1) is 55.4 Å². The Labute approximate surface area is 410 Å². The van der Waals surface area contributed by atoms with Gasteiger partial charge in [-0.05, 0) is 59.7 Å². The number of ether oxygens (including phenoxy) is 4. The van der Waals surface area contributed by atoms with E-state index in [9.17, 15) is 0 Å². The van der Waals surface area contributed by atoms with Crippen molar-refractivity contribution in [3.8, 4) is 34.6 Å². The van der Waals surface area contributed by atoms with Gasteiger partial charge in [0.15, 0.2) is 0 Å². The number of rotatable bonds is 14. The average Bonchev–Trinajstić information content (AvgIpc) is 3.35. The molecule has 0 fully saturated rings. The summed E-state index contributed by atoms with van der Waals surface area (Å²) in [7, 11) is 3.30. The molecule has 0 aliphatic heterocycles. The van der Waals surface area contributed by atoms with Crippen molar-refractivity contribution in [2.75, 3.05) is 28.4 Å². The number of halogens is 2. The minimum atomic E-state index is -1.63. The van der Waals surface area contributed by atoms with E-state index in [1.54, 1.807) is 28.4 Å². The summed E-state index contributed by atoms with van der Waals surface area (Å²) < 4.78 is 23.8. The smallest absolute Gasteiger partial charge is 0.228 e. The molecule has 65 heavy (non-hydrogen) atoms. The van der Waals surface area contributed by atoms with E-state index in [-0.39, 0.29) is 56.4 Å². The van der Waals surface area contributed by atoms with Gasteiger partial charge in [-0.25, -0.2) is 0 Å². The standard InChI is InChI=1S/C38H34N2O4P2.C14H16N2.2ClH.Ru/c1-41-33-25-31(45(27-17-9-5-10-18-27)28-19-11-6-12-20-28)35(37(39-33)43-3)36-32(26-34(42-2)40-38(36)44-4)46(29-21-13-7-14-22-29)30-23-15-8-16-24-30;15-13(11-7-3-1-4-8-11)14(16)12-9-5-2-6-10-12;;;/h5-26H,1-4H3;1-10,13-14H,15-16H2;2*1H;/t;13-,14-;;;/m.0.../s1. The van der Waals surface area contributed by atoms with E-state index in [0.717, 1.165) is 32.9 Å². The molecule has 2 aromatic heterocycles. The van der Waals surface area contributed by atoms with Crippen LogP contribution in [0.3, 0.4) is 0 Å². The monoisotopic (exact) mass is 1030 g/mol. The van der Waals surface area contributed by atoms with Crippen molar-refractivity contribution in [2.24, 2.45) is 11.5 Å². The predicted octanol–water partition coefficient (Wildman–Crippen LogP) is 1.55. The van der Waals surface area contributed by atoms with Crippen LogP contribution < -0.4 is 87.1 Å². The first kappa shape index (κ1) is 52.4. The van der Waals surface area contributed by atoms with Gasteiger partial charge in [0.1, 0.15) is 31.8 Å². The van der Waals surface area contributed by atoms with Crippen LogP contribution in [0.1, 0.15) is 23.2 Å². The van der Waals surface area contributed by atoms with Crippen LogP contribution in [0, 0.1) is 0 Å². The molecule has 336 valence electrons. The van der Waals surface area contributed by atoms with E-state index in [2.05, 4.69) is 109 Å². The molecule has 0 radical (unpaired) electrons. The number of hydrogen-bond acceptors (Lipinski definition) is 8. The Bertz CT molecular complexity index is 2370. The van der Waals surface area contributed by atoms with Gasteiger partial charge in [-0.15, -0.1) is 0 Å². The molecule has 0 aliphatic rings. The normalized spacial score (nSPS) is 11.3. The van der Waals surface area contributed by atoms with Crippen LogP contribution in [0.25, 0.3) is 11.1 Å². The van der Waals surface area contributed by atoms with Crippen molar-refractivity contribution in [3.63, 3.8) is 0 Å². The van der Waals surface area contributed by atoms with Crippen LogP contribution in [-0.2, 0) is 19.5 Å². The third kappa shape index (κ3) is 12.6. The first-order valence-corrected chi connectivity index (χ1v) is 23.3. The zero-order chi connectivity index (χ0) is 43.3. The molecule has 0 bridgehead atoms. The molecular formula is C52H52Cl2N4O4P2Ru. The number of aromatic nitrogens is 2. The molecule has 0 saturated carbocycles. The van der Waals surface area contributed by atoms with Gasteiger partial charge in [-0.2, -0.15) is 9.97 Å². The zero-order valence-electron chi connectivity index (χ0n) is 36.4. The first-order valence-electron chi connectivity index (χ1n) is 20.3. The summed E-state index contributed by atoms with van der Waals surface area (Å²) in [6, 6.07) is 66.1. The third-order valence-corrected chi connectivity index (χ3v) is 16.0. The van der Waals surface area contributed by atoms with Gasteiger partial charge >= 0.3 is 0 Å². The maximum Gasteiger partial charge on any atom is 0.228 e. The number of nitrogens with two attached hydrogens (primary N) is 2. The molecule has 0 amide bonds. The Kier molecular flexibility index (Phi) is 21.0. The molecule has 2 heterocycles. The largest absolute Gasteiger partial charge is 1.00 e. The van der Waals surface area contributed by atoms with Crippen molar-refractivity contribution < 1.29 is 63.2 Å². The van der Waals surface area contributed by atoms with E-state index < -0.39 is 15.8 Å². The zero-order valence-corrected chi connectivity index (χ0v) is 41.7. The summed E-state index contributed by atoms with van der Waals surface area (Å²) in [5, 5.41) is 6.98. The third-order valence-electron chi connectivity index (χ3n) is 10.5. The summed E-state index contributed by atoms with van der Waals surface area (Å²) >= 11 is 0. The molecule has 0 spiro atoms. The fraction of sp³-hybridized carbons (Fsp3) is 0.115. The van der Waals surface area contributed by atoms with Crippen LogP contribution in [0.2, 0.25) is 0 Å². The summed E-state index contributed by atoms with van der Waals surface area (Å²) in [4.78, 5) is 9.70. The molecule has 0 aliphatic carbocycles. The average molecular weight is 1030 g/mol. The van der Waals surface area contributed by atoms with Crippen molar-refractivity contribution in [3.05, 3.63) is 205 Å². The van der Waals surface area contributed by atoms with E-state index in [0.29, 0.717) is 23.5 Å². The van der Waals surface area contributed by atoms with Gasteiger partial charge in [-0.1, -0.05) is 133 Å². The van der Waals surface area contributed by atoms with Crippen LogP contribution in [0.5, 0.6) is 23.5 Å². The number of benzene rings is 6. The Balaban J connectivity index is 0.000000412. The topological polar surface area (TPSA) is 115 Å². The Hall–Kier alpha value is -5.20. The second-order valence-electron chi connectivity index (χ2n) is 14.3. The minimum absolute atomic E-state index is 0. The summed E-state index contributed by atoms with van der Waals surface area (Å²) in [5.41, 5.74) is 16.1. The van der Waals surface area contributed by atoms with E-state index in [1.807, 2.05) is 84.9 Å². The van der Waals surface area contributed by atoms with Crippen LogP contribution in [0.4, 0.5) is 0 Å². The van der Waals surface area contributed by atoms with Crippen LogP contribution >= 0.6 is 15.8 Å². The Morgan fingerprint density at radius 1 is 0.385 bits per heavy atom.